The van der Waals surface area contributed by atoms with Crippen molar-refractivity contribution in [2.75, 3.05) is 12.0 Å². The molecular weight excluding hydrogens is 306 g/mol. The minimum absolute atomic E-state index is 0.00545. The van der Waals surface area contributed by atoms with E-state index in [9.17, 15) is 23.7 Å². The molecule has 0 aromatic carbocycles. The predicted molar refractivity (Wildman–Crippen MR) is 72.2 cm³/mol. The number of rotatable bonds is 3. The number of aliphatic hydroxyl groups is 3. The average molecular weight is 321 g/mol. The molecule has 7 nitrogen and oxygen atoms in total. The Morgan fingerprint density at radius 1 is 1.30 bits per heavy atom. The van der Waals surface area contributed by atoms with E-state index < -0.39 is 33.6 Å². The molecule has 0 amide bonds. The summed E-state index contributed by atoms with van der Waals surface area (Å²) in [6.07, 6.45) is -0.0174. The first kappa shape index (κ1) is 15.5. The van der Waals surface area contributed by atoms with E-state index in [0.29, 0.717) is 0 Å². The molecule has 9 heteroatoms. The first-order valence-corrected chi connectivity index (χ1v) is 8.70. The van der Waals surface area contributed by atoms with Gasteiger partial charge >= 0.3 is 0 Å². The summed E-state index contributed by atoms with van der Waals surface area (Å²) in [7, 11) is -3.40. The zero-order chi connectivity index (χ0) is 14.9. The van der Waals surface area contributed by atoms with E-state index in [1.165, 1.54) is 18.5 Å². The molecular formula is C11H15NO6S2. The van der Waals surface area contributed by atoms with Gasteiger partial charge in [0.15, 0.2) is 15.3 Å². The van der Waals surface area contributed by atoms with E-state index >= 15 is 0 Å². The fourth-order valence-electron chi connectivity index (χ4n) is 1.68. The molecule has 0 bridgehead atoms. The number of ether oxygens (including phenoxy) is 1. The SMILES string of the molecule is CS(=O)(=O)c1cncc(O[C@@H]2SC[C@@H](O)[C@H](O)[C@H]2O)c1. The van der Waals surface area contributed by atoms with E-state index in [0.717, 1.165) is 18.0 Å². The Morgan fingerprint density at radius 2 is 2.00 bits per heavy atom. The van der Waals surface area contributed by atoms with Gasteiger partial charge in [-0.3, -0.25) is 4.98 Å². The van der Waals surface area contributed by atoms with Crippen LogP contribution in [0.25, 0.3) is 0 Å². The molecule has 1 aliphatic rings. The fourth-order valence-corrected chi connectivity index (χ4v) is 3.39. The van der Waals surface area contributed by atoms with Crippen LogP contribution in [-0.2, 0) is 9.84 Å². The maximum absolute atomic E-state index is 11.4. The van der Waals surface area contributed by atoms with Crippen molar-refractivity contribution in [3.05, 3.63) is 18.5 Å². The largest absolute Gasteiger partial charge is 0.475 e. The van der Waals surface area contributed by atoms with Gasteiger partial charge in [-0.15, -0.1) is 11.8 Å². The van der Waals surface area contributed by atoms with Crippen LogP contribution in [0.2, 0.25) is 0 Å². The molecule has 0 spiro atoms. The molecule has 1 fully saturated rings. The second-order valence-corrected chi connectivity index (χ2v) is 7.64. The third-order valence-electron chi connectivity index (χ3n) is 2.82. The molecule has 1 aromatic rings. The minimum Gasteiger partial charge on any atom is -0.475 e. The predicted octanol–water partition coefficient (Wildman–Crippen LogP) is -0.981. The van der Waals surface area contributed by atoms with E-state index in [-0.39, 0.29) is 16.4 Å². The normalized spacial score (nSPS) is 31.0. The van der Waals surface area contributed by atoms with Crippen LogP contribution in [0.1, 0.15) is 0 Å². The van der Waals surface area contributed by atoms with Crippen molar-refractivity contribution >= 4 is 21.6 Å². The Morgan fingerprint density at radius 3 is 2.65 bits per heavy atom. The Balaban J connectivity index is 2.14. The van der Waals surface area contributed by atoms with Crippen LogP contribution in [0.3, 0.4) is 0 Å². The van der Waals surface area contributed by atoms with Gasteiger partial charge in [0.25, 0.3) is 0 Å². The number of pyridine rings is 1. The van der Waals surface area contributed by atoms with Gasteiger partial charge in [0, 0.05) is 24.3 Å². The van der Waals surface area contributed by atoms with E-state index in [4.69, 9.17) is 4.74 Å². The zero-order valence-electron chi connectivity index (χ0n) is 10.6. The van der Waals surface area contributed by atoms with Crippen LogP contribution in [0.5, 0.6) is 5.75 Å². The number of aromatic nitrogens is 1. The van der Waals surface area contributed by atoms with Gasteiger partial charge < -0.3 is 20.1 Å². The molecule has 20 heavy (non-hydrogen) atoms. The third kappa shape index (κ3) is 3.41. The topological polar surface area (TPSA) is 117 Å². The van der Waals surface area contributed by atoms with Crippen LogP contribution in [0.4, 0.5) is 0 Å². The minimum atomic E-state index is -3.40. The van der Waals surface area contributed by atoms with Crippen molar-refractivity contribution in [3.63, 3.8) is 0 Å². The second kappa shape index (κ2) is 5.86. The lowest BCUT2D eigenvalue weighted by Gasteiger charge is -2.34. The van der Waals surface area contributed by atoms with Crippen LogP contribution >= 0.6 is 11.8 Å². The Labute approximate surface area is 120 Å². The molecule has 1 aliphatic heterocycles. The molecule has 0 saturated carbocycles. The van der Waals surface area contributed by atoms with Gasteiger partial charge in [0.05, 0.1) is 17.2 Å². The smallest absolute Gasteiger partial charge is 0.177 e. The summed E-state index contributed by atoms with van der Waals surface area (Å²) in [6.45, 7) is 0. The van der Waals surface area contributed by atoms with Gasteiger partial charge in [-0.1, -0.05) is 0 Å². The number of sulfone groups is 1. The van der Waals surface area contributed by atoms with Gasteiger partial charge in [-0.05, 0) is 0 Å². The van der Waals surface area contributed by atoms with Crippen LogP contribution in [-0.4, -0.2) is 64.5 Å². The number of aliphatic hydroxyl groups excluding tert-OH is 3. The number of hydrogen-bond acceptors (Lipinski definition) is 8. The lowest BCUT2D eigenvalue weighted by atomic mass is 10.1. The molecule has 0 radical (unpaired) electrons. The second-order valence-electron chi connectivity index (χ2n) is 4.50. The highest BCUT2D eigenvalue weighted by molar-refractivity contribution is 7.99. The van der Waals surface area contributed by atoms with Crippen LogP contribution in [0.15, 0.2) is 23.4 Å². The monoisotopic (exact) mass is 321 g/mol. The maximum atomic E-state index is 11.4. The summed E-state index contributed by atoms with van der Waals surface area (Å²) in [5, 5.41) is 28.8. The molecule has 0 unspecified atom stereocenters. The molecule has 4 atom stereocenters. The Kier molecular flexibility index (Phi) is 4.55. The highest BCUT2D eigenvalue weighted by Crippen LogP contribution is 2.29. The van der Waals surface area contributed by atoms with Crippen molar-refractivity contribution in [1.82, 2.24) is 4.98 Å². The van der Waals surface area contributed by atoms with E-state index in [1.807, 2.05) is 0 Å². The van der Waals surface area contributed by atoms with Gasteiger partial charge in [-0.2, -0.15) is 0 Å². The summed E-state index contributed by atoms with van der Waals surface area (Å²) in [4.78, 5) is 3.77. The molecule has 2 heterocycles. The molecule has 112 valence electrons. The molecule has 1 saturated heterocycles. The highest BCUT2D eigenvalue weighted by atomic mass is 32.2. The molecule has 1 aromatic heterocycles. The highest BCUT2D eigenvalue weighted by Gasteiger charge is 2.38. The Hall–Kier alpha value is -0.870. The number of nitrogens with zero attached hydrogens (tertiary/aromatic N) is 1. The zero-order valence-corrected chi connectivity index (χ0v) is 12.2. The van der Waals surface area contributed by atoms with Crippen molar-refractivity contribution in [2.24, 2.45) is 0 Å². The van der Waals surface area contributed by atoms with Gasteiger partial charge in [-0.25, -0.2) is 8.42 Å². The van der Waals surface area contributed by atoms with Gasteiger partial charge in [0.1, 0.15) is 18.0 Å². The van der Waals surface area contributed by atoms with Gasteiger partial charge in [0.2, 0.25) is 0 Å². The number of hydrogen-bond donors (Lipinski definition) is 3. The summed E-state index contributed by atoms with van der Waals surface area (Å²) in [5.41, 5.74) is -0.801. The lowest BCUT2D eigenvalue weighted by molar-refractivity contribution is -0.0786. The Bertz CT molecular complexity index is 578. The van der Waals surface area contributed by atoms with E-state index in [2.05, 4.69) is 4.98 Å². The van der Waals surface area contributed by atoms with Crippen molar-refractivity contribution in [1.29, 1.82) is 0 Å². The van der Waals surface area contributed by atoms with Crippen LogP contribution < -0.4 is 4.74 Å². The van der Waals surface area contributed by atoms with Crippen LogP contribution in [0, 0.1) is 0 Å². The van der Waals surface area contributed by atoms with Crippen molar-refractivity contribution in [3.8, 4) is 5.75 Å². The molecule has 3 N–H and O–H groups in total. The summed E-state index contributed by atoms with van der Waals surface area (Å²) < 4.78 is 28.3. The molecule has 0 aliphatic carbocycles. The van der Waals surface area contributed by atoms with Crippen molar-refractivity contribution < 1.29 is 28.5 Å². The summed E-state index contributed by atoms with van der Waals surface area (Å²) in [5.74, 6) is 0.385. The van der Waals surface area contributed by atoms with E-state index in [1.54, 1.807) is 0 Å². The summed E-state index contributed by atoms with van der Waals surface area (Å²) in [6, 6.07) is 1.30. The maximum Gasteiger partial charge on any atom is 0.177 e. The fraction of sp³-hybridized carbons (Fsp3) is 0.545. The van der Waals surface area contributed by atoms with Crippen molar-refractivity contribution in [2.45, 2.75) is 28.6 Å². The third-order valence-corrected chi connectivity index (χ3v) is 5.14. The average Bonchev–Trinajstić information content (AvgIpc) is 2.39. The lowest BCUT2D eigenvalue weighted by Crippen LogP contribution is -2.50. The number of thioether (sulfide) groups is 1. The first-order chi connectivity index (χ1) is 9.29. The molecule has 2 rings (SSSR count). The quantitative estimate of drug-likeness (QED) is 0.650. The first-order valence-electron chi connectivity index (χ1n) is 5.76. The standard InChI is InChI=1S/C11H15NO6S2/c1-20(16,17)7-2-6(3-12-4-7)18-11-10(15)9(14)8(13)5-19-11/h2-4,8-11,13-15H,5H2,1H3/t8-,9+,10-,11-/m1/s1. The summed E-state index contributed by atoms with van der Waals surface area (Å²) >= 11 is 1.13.